The first kappa shape index (κ1) is 21.0. The fourth-order valence-corrected chi connectivity index (χ4v) is 5.33. The molecule has 1 aliphatic heterocycles. The molecular formula is C22H32N4O4. The summed E-state index contributed by atoms with van der Waals surface area (Å²) in [5.41, 5.74) is 0. The standard InChI is InChI=1S/C22H32N4O4/c1-30-18-10-23-21(24-11-18)22(29)25-17-7-6-15-12-26(13-16(15)8-17)20(28)9-14-4-2-3-5-19(14)27/h10-11,14-17,19,27H,2-9,12-13H2,1H3,(H,25,29)/t14-,15?,16?,17?,19+/m0/s1. The molecule has 1 saturated heterocycles. The van der Waals surface area contributed by atoms with Crippen LogP contribution in [0.5, 0.6) is 5.75 Å². The van der Waals surface area contributed by atoms with Crippen LogP contribution in [0.3, 0.4) is 0 Å². The summed E-state index contributed by atoms with van der Waals surface area (Å²) in [6.07, 6.45) is 9.86. The average molecular weight is 417 g/mol. The van der Waals surface area contributed by atoms with E-state index in [-0.39, 0.29) is 35.7 Å². The Morgan fingerprint density at radius 1 is 1.13 bits per heavy atom. The second-order valence-corrected chi connectivity index (χ2v) is 9.06. The number of aromatic nitrogens is 2. The number of methoxy groups -OCH3 is 1. The minimum atomic E-state index is -0.327. The van der Waals surface area contributed by atoms with E-state index in [0.717, 1.165) is 58.0 Å². The zero-order valence-corrected chi connectivity index (χ0v) is 17.6. The summed E-state index contributed by atoms with van der Waals surface area (Å²) in [6.45, 7) is 1.58. The summed E-state index contributed by atoms with van der Waals surface area (Å²) in [6, 6.07) is 0.0830. The van der Waals surface area contributed by atoms with Crippen molar-refractivity contribution in [2.45, 2.75) is 63.5 Å². The maximum atomic E-state index is 12.8. The van der Waals surface area contributed by atoms with E-state index in [1.807, 2.05) is 4.90 Å². The van der Waals surface area contributed by atoms with Crippen LogP contribution in [0.2, 0.25) is 0 Å². The summed E-state index contributed by atoms with van der Waals surface area (Å²) >= 11 is 0. The maximum Gasteiger partial charge on any atom is 0.289 e. The second-order valence-electron chi connectivity index (χ2n) is 9.06. The number of rotatable bonds is 5. The van der Waals surface area contributed by atoms with Crippen molar-refractivity contribution in [3.63, 3.8) is 0 Å². The molecule has 30 heavy (non-hydrogen) atoms. The summed E-state index contributed by atoms with van der Waals surface area (Å²) in [7, 11) is 1.53. The van der Waals surface area contributed by atoms with E-state index in [4.69, 9.17) is 4.74 Å². The van der Waals surface area contributed by atoms with Gasteiger partial charge < -0.3 is 20.1 Å². The monoisotopic (exact) mass is 416 g/mol. The second kappa shape index (κ2) is 9.29. The molecule has 2 N–H and O–H groups in total. The minimum absolute atomic E-state index is 0.0830. The molecule has 2 aliphatic carbocycles. The highest BCUT2D eigenvalue weighted by Crippen LogP contribution is 2.37. The van der Waals surface area contributed by atoms with Gasteiger partial charge in [0.2, 0.25) is 11.7 Å². The van der Waals surface area contributed by atoms with Crippen LogP contribution in [0.4, 0.5) is 0 Å². The number of nitrogens with one attached hydrogen (secondary N) is 1. The highest BCUT2D eigenvalue weighted by molar-refractivity contribution is 5.90. The lowest BCUT2D eigenvalue weighted by Crippen LogP contribution is -2.41. The topological polar surface area (TPSA) is 105 Å². The summed E-state index contributed by atoms with van der Waals surface area (Å²) < 4.78 is 5.03. The molecular weight excluding hydrogens is 384 g/mol. The van der Waals surface area contributed by atoms with Gasteiger partial charge in [-0.2, -0.15) is 0 Å². The molecule has 8 nitrogen and oxygen atoms in total. The summed E-state index contributed by atoms with van der Waals surface area (Å²) in [4.78, 5) is 35.4. The first-order valence-electron chi connectivity index (χ1n) is 11.2. The molecule has 1 aromatic rings. The molecule has 164 valence electrons. The fourth-order valence-electron chi connectivity index (χ4n) is 5.33. The smallest absolute Gasteiger partial charge is 0.289 e. The summed E-state index contributed by atoms with van der Waals surface area (Å²) in [5, 5.41) is 13.2. The number of nitrogens with zero attached hydrogens (tertiary/aromatic N) is 3. The Kier molecular flexibility index (Phi) is 6.51. The van der Waals surface area contributed by atoms with Crippen LogP contribution in [0.25, 0.3) is 0 Å². The Balaban J connectivity index is 1.27. The van der Waals surface area contributed by atoms with Gasteiger partial charge in [-0.05, 0) is 49.9 Å². The number of hydrogen-bond acceptors (Lipinski definition) is 6. The molecule has 2 heterocycles. The van der Waals surface area contributed by atoms with Crippen LogP contribution in [0.1, 0.15) is 62.0 Å². The highest BCUT2D eigenvalue weighted by atomic mass is 16.5. The van der Waals surface area contributed by atoms with E-state index >= 15 is 0 Å². The highest BCUT2D eigenvalue weighted by Gasteiger charge is 2.40. The fraction of sp³-hybridized carbons (Fsp3) is 0.727. The molecule has 4 rings (SSSR count). The Labute approximate surface area is 177 Å². The van der Waals surface area contributed by atoms with Crippen LogP contribution in [0, 0.1) is 17.8 Å². The molecule has 0 aromatic carbocycles. The average Bonchev–Trinajstić information content (AvgIpc) is 3.19. The van der Waals surface area contributed by atoms with Crippen molar-refractivity contribution in [1.82, 2.24) is 20.2 Å². The molecule has 2 amide bonds. The lowest BCUT2D eigenvalue weighted by molar-refractivity contribution is -0.132. The van der Waals surface area contributed by atoms with E-state index in [2.05, 4.69) is 15.3 Å². The molecule has 2 saturated carbocycles. The van der Waals surface area contributed by atoms with Crippen molar-refractivity contribution < 1.29 is 19.4 Å². The Hall–Kier alpha value is -2.22. The molecule has 0 spiro atoms. The Morgan fingerprint density at radius 3 is 2.60 bits per heavy atom. The van der Waals surface area contributed by atoms with E-state index in [0.29, 0.717) is 24.0 Å². The van der Waals surface area contributed by atoms with E-state index in [9.17, 15) is 14.7 Å². The van der Waals surface area contributed by atoms with Gasteiger partial charge >= 0.3 is 0 Å². The number of aliphatic hydroxyl groups excluding tert-OH is 1. The minimum Gasteiger partial charge on any atom is -0.494 e. The number of amides is 2. The number of likely N-dealkylation sites (tertiary alicyclic amines) is 1. The SMILES string of the molecule is COc1cnc(C(=O)NC2CCC3CN(C(=O)C[C@@H]4CCCC[C@H]4O)CC3C2)nc1. The normalized spacial score (nSPS) is 31.1. The van der Waals surface area contributed by atoms with Gasteiger partial charge in [-0.15, -0.1) is 0 Å². The largest absolute Gasteiger partial charge is 0.494 e. The molecule has 3 aliphatic rings. The van der Waals surface area contributed by atoms with Gasteiger partial charge in [-0.25, -0.2) is 9.97 Å². The van der Waals surface area contributed by atoms with Crippen molar-refractivity contribution in [3.05, 3.63) is 18.2 Å². The van der Waals surface area contributed by atoms with Crippen LogP contribution in [-0.2, 0) is 4.79 Å². The number of aliphatic hydroxyl groups is 1. The molecule has 0 radical (unpaired) electrons. The molecule has 5 atom stereocenters. The number of ether oxygens (including phenoxy) is 1. The van der Waals surface area contributed by atoms with Crippen molar-refractivity contribution in [3.8, 4) is 5.75 Å². The third kappa shape index (κ3) is 4.74. The lowest BCUT2D eigenvalue weighted by Gasteiger charge is -2.31. The molecule has 3 unspecified atom stereocenters. The predicted molar refractivity (Wildman–Crippen MR) is 110 cm³/mol. The van der Waals surface area contributed by atoms with Gasteiger partial charge in [0.05, 0.1) is 25.6 Å². The van der Waals surface area contributed by atoms with E-state index in [1.54, 1.807) is 0 Å². The predicted octanol–water partition coefficient (Wildman–Crippen LogP) is 1.78. The zero-order valence-electron chi connectivity index (χ0n) is 17.6. The van der Waals surface area contributed by atoms with Gasteiger partial charge in [-0.3, -0.25) is 9.59 Å². The molecule has 1 aromatic heterocycles. The van der Waals surface area contributed by atoms with Crippen molar-refractivity contribution in [2.24, 2.45) is 17.8 Å². The molecule has 3 fully saturated rings. The van der Waals surface area contributed by atoms with Crippen LogP contribution in [-0.4, -0.2) is 64.1 Å². The summed E-state index contributed by atoms with van der Waals surface area (Å²) in [5.74, 6) is 1.62. The van der Waals surface area contributed by atoms with Gasteiger partial charge in [0.1, 0.15) is 0 Å². The lowest BCUT2D eigenvalue weighted by atomic mass is 9.79. The molecule has 0 bridgehead atoms. The first-order chi connectivity index (χ1) is 14.5. The van der Waals surface area contributed by atoms with Gasteiger partial charge in [0.15, 0.2) is 5.75 Å². The third-order valence-corrected chi connectivity index (χ3v) is 7.11. The zero-order chi connectivity index (χ0) is 21.1. The number of fused-ring (bicyclic) bond motifs is 1. The number of hydrogen-bond donors (Lipinski definition) is 2. The maximum absolute atomic E-state index is 12.8. The van der Waals surface area contributed by atoms with Crippen LogP contribution < -0.4 is 10.1 Å². The van der Waals surface area contributed by atoms with Crippen LogP contribution in [0.15, 0.2) is 12.4 Å². The van der Waals surface area contributed by atoms with E-state index < -0.39 is 0 Å². The van der Waals surface area contributed by atoms with Gasteiger partial charge in [0.25, 0.3) is 5.91 Å². The third-order valence-electron chi connectivity index (χ3n) is 7.11. The first-order valence-corrected chi connectivity index (χ1v) is 11.2. The van der Waals surface area contributed by atoms with Crippen LogP contribution >= 0.6 is 0 Å². The van der Waals surface area contributed by atoms with Crippen molar-refractivity contribution in [2.75, 3.05) is 20.2 Å². The van der Waals surface area contributed by atoms with Gasteiger partial charge in [0, 0.05) is 25.6 Å². The van der Waals surface area contributed by atoms with Crippen molar-refractivity contribution >= 4 is 11.8 Å². The van der Waals surface area contributed by atoms with E-state index in [1.165, 1.54) is 19.5 Å². The van der Waals surface area contributed by atoms with Crippen molar-refractivity contribution in [1.29, 1.82) is 0 Å². The number of carbonyl (C=O) groups is 2. The number of carbonyl (C=O) groups excluding carboxylic acids is 2. The van der Waals surface area contributed by atoms with Gasteiger partial charge in [-0.1, -0.05) is 12.8 Å². The molecule has 8 heteroatoms. The Morgan fingerprint density at radius 2 is 1.87 bits per heavy atom. The Bertz CT molecular complexity index is 756. The quantitative estimate of drug-likeness (QED) is 0.758.